The monoisotopic (exact) mass is 322 g/mol. The molecule has 3 rings (SSSR count). The minimum absolute atomic E-state index is 0.243. The Hall–Kier alpha value is -1.66. The molecule has 0 aliphatic heterocycles. The zero-order valence-electron chi connectivity index (χ0n) is 9.00. The third-order valence-corrected chi connectivity index (χ3v) is 4.24. The molecule has 18 heavy (non-hydrogen) atoms. The number of hydrogen-bond acceptors (Lipinski definition) is 3. The molecule has 0 radical (unpaired) electrons. The Balaban J connectivity index is 2.13. The lowest BCUT2D eigenvalue weighted by Gasteiger charge is -1.94. The van der Waals surface area contributed by atoms with Crippen LogP contribution in [0.4, 0.5) is 0 Å². The van der Waals surface area contributed by atoms with Crippen LogP contribution in [0.25, 0.3) is 16.2 Å². The molecular weight excluding hydrogens is 316 g/mol. The van der Waals surface area contributed by atoms with Crippen LogP contribution in [0.3, 0.4) is 0 Å². The number of aromatic carboxylic acids is 1. The van der Waals surface area contributed by atoms with Crippen molar-refractivity contribution in [2.75, 3.05) is 0 Å². The van der Waals surface area contributed by atoms with Crippen LogP contribution in [0.1, 0.15) is 10.4 Å². The van der Waals surface area contributed by atoms with Crippen LogP contribution in [0.5, 0.6) is 0 Å². The standard InChI is InChI=1S/C12H7BrN2O2S/c13-8-4-10(18-6-8)9-5-15-2-1-7(12(16)17)3-11(15)14-9/h1-6H,(H,16,17). The number of carbonyl (C=O) groups is 1. The summed E-state index contributed by atoms with van der Waals surface area (Å²) in [6, 6.07) is 5.12. The van der Waals surface area contributed by atoms with Gasteiger partial charge in [0.1, 0.15) is 5.65 Å². The molecule has 0 unspecified atom stereocenters. The smallest absolute Gasteiger partial charge is 0.335 e. The van der Waals surface area contributed by atoms with Gasteiger partial charge >= 0.3 is 5.97 Å². The molecule has 4 nitrogen and oxygen atoms in total. The fourth-order valence-corrected chi connectivity index (χ4v) is 3.06. The van der Waals surface area contributed by atoms with E-state index in [9.17, 15) is 4.79 Å². The van der Waals surface area contributed by atoms with Crippen molar-refractivity contribution < 1.29 is 9.90 Å². The maximum atomic E-state index is 10.9. The van der Waals surface area contributed by atoms with Crippen molar-refractivity contribution in [1.29, 1.82) is 0 Å². The molecule has 3 heterocycles. The first kappa shape index (κ1) is 11.4. The Morgan fingerprint density at radius 1 is 1.44 bits per heavy atom. The zero-order valence-corrected chi connectivity index (χ0v) is 11.4. The van der Waals surface area contributed by atoms with Crippen LogP contribution in [0.15, 0.2) is 40.4 Å². The number of pyridine rings is 1. The van der Waals surface area contributed by atoms with Gasteiger partial charge < -0.3 is 9.51 Å². The average molecular weight is 323 g/mol. The molecule has 3 aromatic rings. The first-order valence-corrected chi connectivity index (χ1v) is 6.77. The SMILES string of the molecule is O=C(O)c1ccn2cc(-c3cc(Br)cs3)nc2c1. The number of hydrogen-bond donors (Lipinski definition) is 1. The Morgan fingerprint density at radius 3 is 2.94 bits per heavy atom. The third-order valence-electron chi connectivity index (χ3n) is 2.53. The predicted molar refractivity (Wildman–Crippen MR) is 73.2 cm³/mol. The molecule has 0 atom stereocenters. The predicted octanol–water partition coefficient (Wildman–Crippen LogP) is 3.52. The number of carboxylic acid groups (broad SMARTS) is 1. The summed E-state index contributed by atoms with van der Waals surface area (Å²) in [5, 5.41) is 10.9. The van der Waals surface area contributed by atoms with Gasteiger partial charge in [-0.2, -0.15) is 0 Å². The number of nitrogens with zero attached hydrogens (tertiary/aromatic N) is 2. The molecule has 0 fully saturated rings. The van der Waals surface area contributed by atoms with E-state index in [0.29, 0.717) is 5.65 Å². The molecule has 6 heteroatoms. The lowest BCUT2D eigenvalue weighted by molar-refractivity contribution is 0.0697. The van der Waals surface area contributed by atoms with E-state index in [1.165, 1.54) is 0 Å². The topological polar surface area (TPSA) is 54.6 Å². The van der Waals surface area contributed by atoms with Crippen LogP contribution in [-0.4, -0.2) is 20.5 Å². The van der Waals surface area contributed by atoms with E-state index >= 15 is 0 Å². The highest BCUT2D eigenvalue weighted by atomic mass is 79.9. The number of halogens is 1. The molecule has 0 bridgehead atoms. The molecule has 0 saturated heterocycles. The van der Waals surface area contributed by atoms with Gasteiger partial charge in [0.2, 0.25) is 0 Å². The number of rotatable bonds is 2. The number of carboxylic acids is 1. The summed E-state index contributed by atoms with van der Waals surface area (Å²) < 4.78 is 2.83. The van der Waals surface area contributed by atoms with Gasteiger partial charge in [0.25, 0.3) is 0 Å². The first-order chi connectivity index (χ1) is 8.63. The Morgan fingerprint density at radius 2 is 2.28 bits per heavy atom. The second-order valence-electron chi connectivity index (χ2n) is 3.74. The quantitative estimate of drug-likeness (QED) is 0.785. The number of aromatic nitrogens is 2. The normalized spacial score (nSPS) is 10.9. The van der Waals surface area contributed by atoms with Crippen molar-refractivity contribution in [3.05, 3.63) is 46.0 Å². The highest BCUT2D eigenvalue weighted by molar-refractivity contribution is 9.10. The van der Waals surface area contributed by atoms with Crippen molar-refractivity contribution in [2.24, 2.45) is 0 Å². The lowest BCUT2D eigenvalue weighted by atomic mass is 10.3. The van der Waals surface area contributed by atoms with E-state index in [1.54, 1.807) is 29.7 Å². The lowest BCUT2D eigenvalue weighted by Crippen LogP contribution is -1.96. The van der Waals surface area contributed by atoms with Gasteiger partial charge in [-0.1, -0.05) is 0 Å². The van der Waals surface area contributed by atoms with Gasteiger partial charge in [-0.15, -0.1) is 11.3 Å². The molecule has 0 aromatic carbocycles. The highest BCUT2D eigenvalue weighted by Crippen LogP contribution is 2.29. The fourth-order valence-electron chi connectivity index (χ4n) is 1.68. The van der Waals surface area contributed by atoms with Gasteiger partial charge in [0, 0.05) is 22.2 Å². The van der Waals surface area contributed by atoms with Crippen LogP contribution >= 0.6 is 27.3 Å². The number of fused-ring (bicyclic) bond motifs is 1. The van der Waals surface area contributed by atoms with Crippen molar-refractivity contribution in [1.82, 2.24) is 9.38 Å². The summed E-state index contributed by atoms with van der Waals surface area (Å²) in [6.45, 7) is 0. The summed E-state index contributed by atoms with van der Waals surface area (Å²) >= 11 is 4.99. The summed E-state index contributed by atoms with van der Waals surface area (Å²) in [5.41, 5.74) is 1.72. The van der Waals surface area contributed by atoms with Crippen LogP contribution in [0.2, 0.25) is 0 Å². The molecule has 0 amide bonds. The van der Waals surface area contributed by atoms with Crippen molar-refractivity contribution >= 4 is 38.9 Å². The maximum Gasteiger partial charge on any atom is 0.335 e. The minimum atomic E-state index is -0.944. The second-order valence-corrected chi connectivity index (χ2v) is 5.57. The van der Waals surface area contributed by atoms with E-state index in [2.05, 4.69) is 20.9 Å². The van der Waals surface area contributed by atoms with Crippen molar-refractivity contribution in [3.63, 3.8) is 0 Å². The van der Waals surface area contributed by atoms with E-state index in [0.717, 1.165) is 15.0 Å². The maximum absolute atomic E-state index is 10.9. The average Bonchev–Trinajstić information content (AvgIpc) is 2.93. The Bertz CT molecular complexity index is 747. The molecule has 0 aliphatic carbocycles. The molecule has 0 saturated carbocycles. The zero-order chi connectivity index (χ0) is 12.7. The second kappa shape index (κ2) is 4.22. The Kier molecular flexibility index (Phi) is 2.68. The molecule has 0 aliphatic rings. The van der Waals surface area contributed by atoms with Gasteiger partial charge in [-0.25, -0.2) is 9.78 Å². The molecular formula is C12H7BrN2O2S. The van der Waals surface area contributed by atoms with Gasteiger partial charge in [-0.05, 0) is 34.1 Å². The molecule has 3 aromatic heterocycles. The summed E-state index contributed by atoms with van der Waals surface area (Å²) in [7, 11) is 0. The fraction of sp³-hybridized carbons (Fsp3) is 0. The Labute approximate surface area is 115 Å². The van der Waals surface area contributed by atoms with E-state index in [1.807, 2.05) is 22.0 Å². The summed E-state index contributed by atoms with van der Waals surface area (Å²) in [4.78, 5) is 16.4. The molecule has 1 N–H and O–H groups in total. The van der Waals surface area contributed by atoms with Crippen LogP contribution in [0, 0.1) is 0 Å². The van der Waals surface area contributed by atoms with E-state index in [4.69, 9.17) is 5.11 Å². The highest BCUT2D eigenvalue weighted by Gasteiger charge is 2.09. The van der Waals surface area contributed by atoms with Gasteiger partial charge in [0.15, 0.2) is 0 Å². The van der Waals surface area contributed by atoms with E-state index in [-0.39, 0.29) is 5.56 Å². The van der Waals surface area contributed by atoms with E-state index < -0.39 is 5.97 Å². The van der Waals surface area contributed by atoms with Crippen LogP contribution in [-0.2, 0) is 0 Å². The van der Waals surface area contributed by atoms with Gasteiger partial charge in [-0.3, -0.25) is 0 Å². The molecule has 0 spiro atoms. The summed E-state index contributed by atoms with van der Waals surface area (Å²) in [5.74, 6) is -0.944. The summed E-state index contributed by atoms with van der Waals surface area (Å²) in [6.07, 6.45) is 3.59. The minimum Gasteiger partial charge on any atom is -0.478 e. The first-order valence-electron chi connectivity index (χ1n) is 5.10. The number of thiophene rings is 1. The third kappa shape index (κ3) is 1.93. The molecule has 90 valence electrons. The van der Waals surface area contributed by atoms with Crippen molar-refractivity contribution in [2.45, 2.75) is 0 Å². The van der Waals surface area contributed by atoms with Crippen molar-refractivity contribution in [3.8, 4) is 10.6 Å². The largest absolute Gasteiger partial charge is 0.478 e. The van der Waals surface area contributed by atoms with Crippen LogP contribution < -0.4 is 0 Å². The van der Waals surface area contributed by atoms with Gasteiger partial charge in [0.05, 0.1) is 16.1 Å². The number of imidazole rings is 1.